The van der Waals surface area contributed by atoms with Crippen LogP contribution in [0.3, 0.4) is 0 Å². The van der Waals surface area contributed by atoms with Gasteiger partial charge < -0.3 is 10.1 Å². The second-order valence-corrected chi connectivity index (χ2v) is 6.43. The average Bonchev–Trinajstić information content (AvgIpc) is 3.12. The quantitative estimate of drug-likeness (QED) is 0.751. The molecule has 2 amide bonds. The predicted octanol–water partition coefficient (Wildman–Crippen LogP) is 3.22. The van der Waals surface area contributed by atoms with Crippen LogP contribution < -0.4 is 10.6 Å². The topological polar surface area (TPSA) is 76.1 Å². The maximum absolute atomic E-state index is 11.9. The Bertz CT molecular complexity index is 751. The molecule has 0 radical (unpaired) electrons. The van der Waals surface area contributed by atoms with Crippen molar-refractivity contribution < 1.29 is 9.53 Å². The zero-order valence-electron chi connectivity index (χ0n) is 11.8. The van der Waals surface area contributed by atoms with Crippen LogP contribution in [0.4, 0.5) is 9.93 Å². The van der Waals surface area contributed by atoms with Crippen LogP contribution in [0.5, 0.6) is 0 Å². The average molecular weight is 334 g/mol. The van der Waals surface area contributed by atoms with Crippen LogP contribution in [0, 0.1) is 0 Å². The van der Waals surface area contributed by atoms with Crippen molar-refractivity contribution in [1.82, 2.24) is 15.3 Å². The molecule has 114 valence electrons. The molecule has 2 N–H and O–H groups in total. The van der Waals surface area contributed by atoms with E-state index in [1.165, 1.54) is 11.3 Å². The number of benzene rings is 1. The first-order valence-corrected chi connectivity index (χ1v) is 8.27. The number of aromatic nitrogens is 2. The summed E-state index contributed by atoms with van der Waals surface area (Å²) in [6.07, 6.45) is 0. The van der Waals surface area contributed by atoms with Crippen molar-refractivity contribution in [2.75, 3.05) is 12.4 Å². The van der Waals surface area contributed by atoms with Gasteiger partial charge in [-0.2, -0.15) is 0 Å². The highest BCUT2D eigenvalue weighted by atomic mass is 32.1. The number of thiazole rings is 2. The van der Waals surface area contributed by atoms with Gasteiger partial charge in [0.2, 0.25) is 0 Å². The molecule has 0 fully saturated rings. The smallest absolute Gasteiger partial charge is 0.321 e. The second kappa shape index (κ2) is 6.82. The zero-order valence-corrected chi connectivity index (χ0v) is 13.5. The molecule has 8 heteroatoms. The number of fused-ring (bicyclic) bond motifs is 1. The highest BCUT2D eigenvalue weighted by molar-refractivity contribution is 7.18. The Morgan fingerprint density at radius 3 is 3.00 bits per heavy atom. The van der Waals surface area contributed by atoms with Gasteiger partial charge in [-0.3, -0.25) is 5.32 Å². The van der Waals surface area contributed by atoms with Gasteiger partial charge in [0, 0.05) is 12.5 Å². The van der Waals surface area contributed by atoms with E-state index < -0.39 is 0 Å². The second-order valence-electron chi connectivity index (χ2n) is 4.46. The first-order chi connectivity index (χ1) is 10.7. The van der Waals surface area contributed by atoms with E-state index in [2.05, 4.69) is 20.6 Å². The predicted molar refractivity (Wildman–Crippen MR) is 88.3 cm³/mol. The minimum atomic E-state index is -0.294. The number of para-hydroxylation sites is 1. The minimum absolute atomic E-state index is 0.294. The van der Waals surface area contributed by atoms with Crippen LogP contribution >= 0.6 is 22.7 Å². The number of amides is 2. The highest BCUT2D eigenvalue weighted by Gasteiger charge is 2.08. The van der Waals surface area contributed by atoms with Crippen molar-refractivity contribution in [2.24, 2.45) is 0 Å². The fourth-order valence-electron chi connectivity index (χ4n) is 1.87. The number of rotatable bonds is 5. The summed E-state index contributed by atoms with van der Waals surface area (Å²) in [5.74, 6) is 0. The lowest BCUT2D eigenvalue weighted by molar-refractivity contribution is 0.182. The molecule has 2 aromatic heterocycles. The maximum Gasteiger partial charge on any atom is 0.321 e. The van der Waals surface area contributed by atoms with Gasteiger partial charge in [-0.25, -0.2) is 14.8 Å². The Balaban J connectivity index is 1.55. The number of ether oxygens (including phenoxy) is 1. The summed E-state index contributed by atoms with van der Waals surface area (Å²) >= 11 is 2.94. The number of nitrogens with one attached hydrogen (secondary N) is 2. The van der Waals surface area contributed by atoms with Crippen molar-refractivity contribution in [1.29, 1.82) is 0 Å². The molecule has 2 heterocycles. The number of methoxy groups -OCH3 is 1. The molecule has 0 spiro atoms. The third kappa shape index (κ3) is 3.59. The molecule has 0 unspecified atom stereocenters. The van der Waals surface area contributed by atoms with E-state index >= 15 is 0 Å². The molecule has 0 atom stereocenters. The van der Waals surface area contributed by atoms with Gasteiger partial charge in [0.25, 0.3) is 0 Å². The van der Waals surface area contributed by atoms with Crippen LogP contribution in [0.15, 0.2) is 29.6 Å². The number of nitrogens with zero attached hydrogens (tertiary/aromatic N) is 2. The largest absolute Gasteiger partial charge is 0.378 e. The van der Waals surface area contributed by atoms with Crippen molar-refractivity contribution >= 4 is 44.1 Å². The Morgan fingerprint density at radius 1 is 1.32 bits per heavy atom. The van der Waals surface area contributed by atoms with Crippen LogP contribution in [0.1, 0.15) is 10.7 Å². The zero-order chi connectivity index (χ0) is 15.4. The van der Waals surface area contributed by atoms with Crippen molar-refractivity contribution in [3.8, 4) is 0 Å². The summed E-state index contributed by atoms with van der Waals surface area (Å²) in [6, 6.07) is 7.61. The van der Waals surface area contributed by atoms with E-state index in [1.807, 2.05) is 29.6 Å². The van der Waals surface area contributed by atoms with Crippen molar-refractivity contribution in [3.05, 3.63) is 40.3 Å². The molecular weight excluding hydrogens is 320 g/mol. The van der Waals surface area contributed by atoms with E-state index in [4.69, 9.17) is 4.74 Å². The summed E-state index contributed by atoms with van der Waals surface area (Å²) in [5, 5.41) is 8.76. The van der Waals surface area contributed by atoms with Crippen LogP contribution in [0.2, 0.25) is 0 Å². The monoisotopic (exact) mass is 334 g/mol. The van der Waals surface area contributed by atoms with Gasteiger partial charge >= 0.3 is 6.03 Å². The molecule has 0 aliphatic carbocycles. The Morgan fingerprint density at radius 2 is 2.18 bits per heavy atom. The van der Waals surface area contributed by atoms with Gasteiger partial charge in [0.1, 0.15) is 5.01 Å². The van der Waals surface area contributed by atoms with E-state index in [0.717, 1.165) is 20.9 Å². The molecule has 3 aromatic rings. The molecule has 0 aliphatic heterocycles. The summed E-state index contributed by atoms with van der Waals surface area (Å²) in [4.78, 5) is 20.6. The standard InChI is InChI=1S/C14H14N4O2S2/c1-20-7-9-8-21-14(16-9)18-13(19)15-6-12-17-10-4-2-3-5-11(10)22-12/h2-5,8H,6-7H2,1H3,(H2,15,16,18,19). The number of carbonyl (C=O) groups excluding carboxylic acids is 1. The Kier molecular flexibility index (Phi) is 4.62. The highest BCUT2D eigenvalue weighted by Crippen LogP contribution is 2.21. The fraction of sp³-hybridized carbons (Fsp3) is 0.214. The fourth-order valence-corrected chi connectivity index (χ4v) is 3.47. The Labute approximate surface area is 135 Å². The summed E-state index contributed by atoms with van der Waals surface area (Å²) in [7, 11) is 1.61. The van der Waals surface area contributed by atoms with Gasteiger partial charge in [0.05, 0.1) is 29.1 Å². The molecular formula is C14H14N4O2S2. The number of anilines is 1. The third-order valence-electron chi connectivity index (χ3n) is 2.80. The van der Waals surface area contributed by atoms with Gasteiger partial charge in [0.15, 0.2) is 5.13 Å². The normalized spacial score (nSPS) is 10.8. The molecule has 1 aromatic carbocycles. The molecule has 6 nitrogen and oxygen atoms in total. The van der Waals surface area contributed by atoms with E-state index in [-0.39, 0.29) is 6.03 Å². The number of hydrogen-bond acceptors (Lipinski definition) is 6. The first-order valence-electron chi connectivity index (χ1n) is 6.57. The molecule has 0 saturated heterocycles. The third-order valence-corrected chi connectivity index (χ3v) is 4.65. The summed E-state index contributed by atoms with van der Waals surface area (Å²) in [5.41, 5.74) is 1.75. The van der Waals surface area contributed by atoms with Gasteiger partial charge in [-0.1, -0.05) is 12.1 Å². The number of hydrogen-bond donors (Lipinski definition) is 2. The maximum atomic E-state index is 11.9. The van der Waals surface area contributed by atoms with Gasteiger partial charge in [-0.15, -0.1) is 22.7 Å². The molecule has 22 heavy (non-hydrogen) atoms. The number of carbonyl (C=O) groups is 1. The van der Waals surface area contributed by atoms with Crippen LogP contribution in [-0.2, 0) is 17.9 Å². The van der Waals surface area contributed by atoms with E-state index in [0.29, 0.717) is 18.3 Å². The van der Waals surface area contributed by atoms with Gasteiger partial charge in [-0.05, 0) is 12.1 Å². The van der Waals surface area contributed by atoms with Crippen LogP contribution in [0.25, 0.3) is 10.2 Å². The lowest BCUT2D eigenvalue weighted by Gasteiger charge is -2.02. The Hall–Kier alpha value is -2.03. The lowest BCUT2D eigenvalue weighted by Crippen LogP contribution is -2.28. The molecule has 3 rings (SSSR count). The number of urea groups is 1. The molecule has 0 aliphatic rings. The summed E-state index contributed by atoms with van der Waals surface area (Å²) < 4.78 is 6.10. The van der Waals surface area contributed by atoms with Crippen LogP contribution in [-0.4, -0.2) is 23.1 Å². The molecule has 0 saturated carbocycles. The van der Waals surface area contributed by atoms with E-state index in [9.17, 15) is 4.79 Å². The minimum Gasteiger partial charge on any atom is -0.378 e. The van der Waals surface area contributed by atoms with E-state index in [1.54, 1.807) is 18.4 Å². The first kappa shape index (κ1) is 14.9. The lowest BCUT2D eigenvalue weighted by atomic mass is 10.3. The van der Waals surface area contributed by atoms with Crippen molar-refractivity contribution in [2.45, 2.75) is 13.2 Å². The summed E-state index contributed by atoms with van der Waals surface area (Å²) in [6.45, 7) is 0.826. The van der Waals surface area contributed by atoms with Crippen molar-refractivity contribution in [3.63, 3.8) is 0 Å². The molecule has 0 bridgehead atoms. The SMILES string of the molecule is COCc1csc(NC(=O)NCc2nc3ccccc3s2)n1.